The summed E-state index contributed by atoms with van der Waals surface area (Å²) in [6.45, 7) is 1.60. The zero-order valence-corrected chi connectivity index (χ0v) is 18.4. The summed E-state index contributed by atoms with van der Waals surface area (Å²) >= 11 is 6.75. The summed E-state index contributed by atoms with van der Waals surface area (Å²) < 4.78 is 4.64. The molecule has 0 atom stereocenters. The number of aryl methyl sites for hydroxylation is 1. The number of hydrogen-bond acceptors (Lipinski definition) is 6. The van der Waals surface area contributed by atoms with Crippen LogP contribution in [0.2, 0.25) is 5.02 Å². The van der Waals surface area contributed by atoms with E-state index in [-0.39, 0.29) is 21.2 Å². The predicted molar refractivity (Wildman–Crippen MR) is 120 cm³/mol. The molecule has 0 unspecified atom stereocenters. The number of nitrogens with one attached hydrogen (secondary N) is 1. The molecule has 0 radical (unpaired) electrons. The molecule has 2 aromatic carbocycles. The Morgan fingerprint density at radius 1 is 1.16 bits per heavy atom. The molecule has 3 amide bonds. The Morgan fingerprint density at radius 2 is 1.87 bits per heavy atom. The highest BCUT2D eigenvalue weighted by Crippen LogP contribution is 2.32. The minimum atomic E-state index is -0.649. The van der Waals surface area contributed by atoms with Crippen LogP contribution in [-0.4, -0.2) is 41.6 Å². The van der Waals surface area contributed by atoms with Crippen LogP contribution >= 0.6 is 23.4 Å². The van der Waals surface area contributed by atoms with Crippen LogP contribution in [0, 0.1) is 0 Å². The Kier molecular flexibility index (Phi) is 7.14. The molecule has 1 aliphatic heterocycles. The summed E-state index contributed by atoms with van der Waals surface area (Å²) in [7, 11) is 1.22. The number of amides is 3. The fourth-order valence-electron chi connectivity index (χ4n) is 2.85. The topological polar surface area (TPSA) is 92.8 Å². The number of thioether (sulfide) groups is 1. The summed E-state index contributed by atoms with van der Waals surface area (Å²) in [4.78, 5) is 50.1. The van der Waals surface area contributed by atoms with Crippen molar-refractivity contribution in [2.45, 2.75) is 13.3 Å². The van der Waals surface area contributed by atoms with Crippen molar-refractivity contribution in [2.75, 3.05) is 19.0 Å². The average Bonchev–Trinajstić information content (AvgIpc) is 3.02. The summed E-state index contributed by atoms with van der Waals surface area (Å²) in [5, 5.41) is 2.20. The first-order valence-corrected chi connectivity index (χ1v) is 10.5. The second kappa shape index (κ2) is 9.80. The molecule has 1 N–H and O–H groups in total. The van der Waals surface area contributed by atoms with Crippen molar-refractivity contribution in [1.29, 1.82) is 0 Å². The minimum Gasteiger partial charge on any atom is -0.465 e. The van der Waals surface area contributed by atoms with E-state index in [1.807, 2.05) is 31.2 Å². The van der Waals surface area contributed by atoms with Gasteiger partial charge in [0.15, 0.2) is 0 Å². The van der Waals surface area contributed by atoms with Crippen LogP contribution in [0.15, 0.2) is 47.4 Å². The van der Waals surface area contributed by atoms with Crippen molar-refractivity contribution < 1.29 is 23.9 Å². The number of carbonyl (C=O) groups is 4. The van der Waals surface area contributed by atoms with Crippen LogP contribution in [0.25, 0.3) is 6.08 Å². The summed E-state index contributed by atoms with van der Waals surface area (Å²) in [5.41, 5.74) is 2.33. The highest BCUT2D eigenvalue weighted by Gasteiger charge is 2.36. The van der Waals surface area contributed by atoms with Gasteiger partial charge in [0.2, 0.25) is 5.91 Å². The van der Waals surface area contributed by atoms with Crippen molar-refractivity contribution in [3.05, 3.63) is 69.1 Å². The van der Waals surface area contributed by atoms with Gasteiger partial charge in [0.05, 0.1) is 22.6 Å². The Morgan fingerprint density at radius 3 is 2.52 bits per heavy atom. The molecule has 3 rings (SSSR count). The molecule has 1 saturated heterocycles. The first-order chi connectivity index (χ1) is 14.8. The van der Waals surface area contributed by atoms with E-state index in [1.165, 1.54) is 30.9 Å². The van der Waals surface area contributed by atoms with Crippen LogP contribution < -0.4 is 5.32 Å². The van der Waals surface area contributed by atoms with Crippen LogP contribution in [0.4, 0.5) is 10.5 Å². The molecule has 0 aromatic heterocycles. The standard InChI is InChI=1S/C22H19ClN2O5S/c1-3-13-4-6-14(7-5-13)10-18-20(27)25(22(29)31-18)12-19(26)24-15-8-9-17(23)16(11-15)21(28)30-2/h4-11H,3,12H2,1-2H3,(H,24,26)/b18-10-. The van der Waals surface area contributed by atoms with Gasteiger partial charge < -0.3 is 10.1 Å². The molecule has 9 heteroatoms. The van der Waals surface area contributed by atoms with Crippen molar-refractivity contribution in [3.63, 3.8) is 0 Å². The van der Waals surface area contributed by atoms with Crippen molar-refractivity contribution >= 4 is 58.1 Å². The summed E-state index contributed by atoms with van der Waals surface area (Å²) in [6.07, 6.45) is 2.53. The van der Waals surface area contributed by atoms with Gasteiger partial charge in [-0.1, -0.05) is 42.8 Å². The Bertz CT molecular complexity index is 1080. The van der Waals surface area contributed by atoms with E-state index in [1.54, 1.807) is 6.08 Å². The number of esters is 1. The van der Waals surface area contributed by atoms with E-state index in [9.17, 15) is 19.2 Å². The maximum Gasteiger partial charge on any atom is 0.339 e. The third kappa shape index (κ3) is 5.34. The number of imide groups is 1. The molecule has 0 aliphatic carbocycles. The van der Waals surface area contributed by atoms with Crippen LogP contribution in [0.3, 0.4) is 0 Å². The number of halogens is 1. The molecule has 2 aromatic rings. The van der Waals surface area contributed by atoms with Gasteiger partial charge in [-0.2, -0.15) is 0 Å². The first-order valence-electron chi connectivity index (χ1n) is 9.34. The molecule has 0 spiro atoms. The molecular formula is C22H19ClN2O5S. The third-order valence-corrected chi connectivity index (χ3v) is 5.75. The molecule has 7 nitrogen and oxygen atoms in total. The molecule has 1 heterocycles. The van der Waals surface area contributed by atoms with Gasteiger partial charge >= 0.3 is 5.97 Å². The summed E-state index contributed by atoms with van der Waals surface area (Å²) in [5.74, 6) is -1.77. The highest BCUT2D eigenvalue weighted by molar-refractivity contribution is 8.18. The van der Waals surface area contributed by atoms with Gasteiger partial charge in [0, 0.05) is 5.69 Å². The lowest BCUT2D eigenvalue weighted by atomic mass is 10.1. The van der Waals surface area contributed by atoms with Crippen molar-refractivity contribution in [1.82, 2.24) is 4.90 Å². The van der Waals surface area contributed by atoms with E-state index in [0.717, 1.165) is 28.6 Å². The number of nitrogens with zero attached hydrogens (tertiary/aromatic N) is 1. The summed E-state index contributed by atoms with van der Waals surface area (Å²) in [6, 6.07) is 12.0. The monoisotopic (exact) mass is 458 g/mol. The SMILES string of the molecule is CCc1ccc(/C=C2\SC(=O)N(CC(=O)Nc3ccc(Cl)c(C(=O)OC)c3)C2=O)cc1. The van der Waals surface area contributed by atoms with Crippen LogP contribution in [0.1, 0.15) is 28.4 Å². The average molecular weight is 459 g/mol. The number of benzene rings is 2. The quantitative estimate of drug-likeness (QED) is 0.510. The molecule has 31 heavy (non-hydrogen) atoms. The van der Waals surface area contributed by atoms with E-state index < -0.39 is 29.6 Å². The minimum absolute atomic E-state index is 0.0881. The zero-order valence-electron chi connectivity index (χ0n) is 16.8. The fraction of sp³-hybridized carbons (Fsp3) is 0.182. The second-order valence-electron chi connectivity index (χ2n) is 6.60. The van der Waals surface area contributed by atoms with E-state index in [0.29, 0.717) is 0 Å². The number of methoxy groups -OCH3 is 1. The molecule has 160 valence electrons. The molecule has 1 aliphatic rings. The number of carbonyl (C=O) groups excluding carboxylic acids is 4. The number of anilines is 1. The Balaban J connectivity index is 1.69. The van der Waals surface area contributed by atoms with E-state index in [4.69, 9.17) is 11.6 Å². The smallest absolute Gasteiger partial charge is 0.339 e. The lowest BCUT2D eigenvalue weighted by Gasteiger charge is -2.13. The number of rotatable bonds is 6. The molecular weight excluding hydrogens is 440 g/mol. The first kappa shape index (κ1) is 22.6. The van der Waals surface area contributed by atoms with Crippen LogP contribution in [0.5, 0.6) is 0 Å². The van der Waals surface area contributed by atoms with Crippen molar-refractivity contribution in [3.8, 4) is 0 Å². The highest BCUT2D eigenvalue weighted by atomic mass is 35.5. The van der Waals surface area contributed by atoms with Gasteiger partial charge in [-0.25, -0.2) is 4.79 Å². The number of hydrogen-bond donors (Lipinski definition) is 1. The van der Waals surface area contributed by atoms with Gasteiger partial charge in [-0.3, -0.25) is 19.3 Å². The van der Waals surface area contributed by atoms with Crippen LogP contribution in [-0.2, 0) is 20.7 Å². The normalized spacial score (nSPS) is 14.8. The number of ether oxygens (including phenoxy) is 1. The zero-order chi connectivity index (χ0) is 22.5. The fourth-order valence-corrected chi connectivity index (χ4v) is 3.88. The molecule has 0 bridgehead atoms. The second-order valence-corrected chi connectivity index (χ2v) is 8.00. The molecule has 0 saturated carbocycles. The Labute approximate surface area is 188 Å². The predicted octanol–water partition coefficient (Wildman–Crippen LogP) is 4.36. The van der Waals surface area contributed by atoms with E-state index in [2.05, 4.69) is 10.1 Å². The maximum absolute atomic E-state index is 12.6. The van der Waals surface area contributed by atoms with Gasteiger partial charge in [-0.05, 0) is 53.6 Å². The lowest BCUT2D eigenvalue weighted by molar-refractivity contribution is -0.127. The third-order valence-electron chi connectivity index (χ3n) is 4.52. The van der Waals surface area contributed by atoms with Crippen molar-refractivity contribution in [2.24, 2.45) is 0 Å². The van der Waals surface area contributed by atoms with Gasteiger partial charge in [0.25, 0.3) is 11.1 Å². The maximum atomic E-state index is 12.6. The van der Waals surface area contributed by atoms with Gasteiger partial charge in [-0.15, -0.1) is 0 Å². The molecule has 1 fully saturated rings. The lowest BCUT2D eigenvalue weighted by Crippen LogP contribution is -2.36. The van der Waals surface area contributed by atoms with E-state index >= 15 is 0 Å². The van der Waals surface area contributed by atoms with Gasteiger partial charge in [0.1, 0.15) is 6.54 Å². The largest absolute Gasteiger partial charge is 0.465 e. The Hall–Kier alpha value is -3.10.